The van der Waals surface area contributed by atoms with E-state index < -0.39 is 0 Å². The second kappa shape index (κ2) is 2.95. The van der Waals surface area contributed by atoms with E-state index in [1.807, 2.05) is 0 Å². The van der Waals surface area contributed by atoms with Crippen molar-refractivity contribution in [2.75, 3.05) is 6.16 Å². The molecule has 3 aliphatic rings. The molecule has 6 unspecified atom stereocenters. The van der Waals surface area contributed by atoms with Gasteiger partial charge < -0.3 is 0 Å². The molecule has 3 rings (SSSR count). The largest absolute Gasteiger partial charge is 0.118 e. The minimum absolute atomic E-state index is 0.536. The standard InChI is InChI=1S/C16H29P/c1-10-13(4,5)12(3)17-9-15-8-16(10,15)14(6,7)11(15)2/h10-12,17H,8-9H2,1-7H3. The third-order valence-corrected chi connectivity index (χ3v) is 10.3. The first kappa shape index (κ1) is 12.5. The van der Waals surface area contributed by atoms with Crippen molar-refractivity contribution in [3.63, 3.8) is 0 Å². The van der Waals surface area contributed by atoms with E-state index in [1.165, 1.54) is 14.7 Å². The average molecular weight is 252 g/mol. The summed E-state index contributed by atoms with van der Waals surface area (Å²) in [5.41, 5.74) is 3.49. The van der Waals surface area contributed by atoms with Gasteiger partial charge in [0.1, 0.15) is 0 Å². The van der Waals surface area contributed by atoms with Crippen molar-refractivity contribution in [3.05, 3.63) is 0 Å². The summed E-state index contributed by atoms with van der Waals surface area (Å²) in [5.74, 6) is 1.84. The first-order valence-corrected chi connectivity index (χ1v) is 8.66. The molecule has 2 aliphatic carbocycles. The van der Waals surface area contributed by atoms with E-state index in [0.717, 1.165) is 22.9 Å². The Kier molecular flexibility index (Phi) is 2.16. The van der Waals surface area contributed by atoms with Gasteiger partial charge in [-0.25, -0.2) is 0 Å². The third kappa shape index (κ3) is 1.00. The normalized spacial score (nSPS) is 59.8. The second-order valence-corrected chi connectivity index (χ2v) is 10.0. The van der Waals surface area contributed by atoms with Gasteiger partial charge in [-0.05, 0) is 51.7 Å². The molecular formula is C16H29P. The molecular weight excluding hydrogens is 223 g/mol. The molecule has 1 aliphatic heterocycles. The topological polar surface area (TPSA) is 0 Å². The Labute approximate surface area is 109 Å². The van der Waals surface area contributed by atoms with Gasteiger partial charge >= 0.3 is 0 Å². The van der Waals surface area contributed by atoms with E-state index in [1.54, 1.807) is 6.42 Å². The van der Waals surface area contributed by atoms with Gasteiger partial charge in [0.05, 0.1) is 0 Å². The lowest BCUT2D eigenvalue weighted by Gasteiger charge is -2.61. The van der Waals surface area contributed by atoms with Crippen LogP contribution in [-0.4, -0.2) is 11.8 Å². The molecule has 6 atom stereocenters. The van der Waals surface area contributed by atoms with Crippen LogP contribution in [-0.2, 0) is 0 Å². The number of rotatable bonds is 0. The van der Waals surface area contributed by atoms with Crippen molar-refractivity contribution in [1.29, 1.82) is 0 Å². The van der Waals surface area contributed by atoms with E-state index in [4.69, 9.17) is 0 Å². The van der Waals surface area contributed by atoms with E-state index in [-0.39, 0.29) is 0 Å². The van der Waals surface area contributed by atoms with Crippen LogP contribution in [0.3, 0.4) is 0 Å². The quantitative estimate of drug-likeness (QED) is 0.544. The minimum Gasteiger partial charge on any atom is -0.118 e. The summed E-state index contributed by atoms with van der Waals surface area (Å²) in [5, 5.41) is 0. The number of hydrogen-bond donors (Lipinski definition) is 0. The van der Waals surface area contributed by atoms with Crippen LogP contribution in [0.25, 0.3) is 0 Å². The molecule has 0 bridgehead atoms. The molecule has 3 fully saturated rings. The SMILES string of the molecule is CC1PCC23CC2(C(C)C1(C)C)C(C)(C)C3C. The molecule has 0 aromatic rings. The lowest BCUT2D eigenvalue weighted by atomic mass is 9.43. The third-order valence-electron chi connectivity index (χ3n) is 8.11. The average Bonchev–Trinajstić information content (AvgIpc) is 2.92. The predicted octanol–water partition coefficient (Wildman–Crippen LogP) is 4.78. The van der Waals surface area contributed by atoms with Crippen LogP contribution >= 0.6 is 8.58 Å². The molecule has 0 radical (unpaired) electrons. The van der Waals surface area contributed by atoms with E-state index >= 15 is 0 Å². The second-order valence-electron chi connectivity index (χ2n) is 8.39. The predicted molar refractivity (Wildman–Crippen MR) is 78.0 cm³/mol. The van der Waals surface area contributed by atoms with Gasteiger partial charge in [-0.3, -0.25) is 0 Å². The summed E-state index contributed by atoms with van der Waals surface area (Å²) in [6.45, 7) is 17.8. The van der Waals surface area contributed by atoms with Crippen molar-refractivity contribution >= 4 is 8.58 Å². The zero-order valence-corrected chi connectivity index (χ0v) is 13.6. The molecule has 1 heterocycles. The Morgan fingerprint density at radius 2 is 1.53 bits per heavy atom. The van der Waals surface area contributed by atoms with Crippen LogP contribution in [0.5, 0.6) is 0 Å². The van der Waals surface area contributed by atoms with E-state index in [9.17, 15) is 0 Å². The maximum atomic E-state index is 2.57. The highest BCUT2D eigenvalue weighted by Crippen LogP contribution is 2.93. The Morgan fingerprint density at radius 3 is 2.12 bits per heavy atom. The molecule has 0 nitrogen and oxygen atoms in total. The lowest BCUT2D eigenvalue weighted by molar-refractivity contribution is -0.128. The van der Waals surface area contributed by atoms with Crippen LogP contribution in [0.4, 0.5) is 0 Å². The van der Waals surface area contributed by atoms with Gasteiger partial charge in [-0.1, -0.05) is 48.5 Å². The maximum absolute atomic E-state index is 2.57. The Morgan fingerprint density at radius 1 is 0.941 bits per heavy atom. The summed E-state index contributed by atoms with van der Waals surface area (Å²) in [6.07, 6.45) is 3.07. The molecule has 0 N–H and O–H groups in total. The monoisotopic (exact) mass is 252 g/mol. The Balaban J connectivity index is 2.06. The molecule has 17 heavy (non-hydrogen) atoms. The summed E-state index contributed by atoms with van der Waals surface area (Å²) >= 11 is 0. The zero-order chi connectivity index (χ0) is 12.9. The molecule has 98 valence electrons. The highest BCUT2D eigenvalue weighted by Gasteiger charge is 2.88. The molecule has 0 aromatic heterocycles. The summed E-state index contributed by atoms with van der Waals surface area (Å²) in [7, 11) is 1.19. The minimum atomic E-state index is 0.536. The summed E-state index contributed by atoms with van der Waals surface area (Å²) in [6, 6.07) is 0. The number of hydrogen-bond acceptors (Lipinski definition) is 0. The van der Waals surface area contributed by atoms with Gasteiger partial charge in [0.2, 0.25) is 0 Å². The van der Waals surface area contributed by atoms with Crippen LogP contribution in [0, 0.1) is 33.5 Å². The van der Waals surface area contributed by atoms with E-state index in [2.05, 4.69) is 48.5 Å². The summed E-state index contributed by atoms with van der Waals surface area (Å²) in [4.78, 5) is 0. The van der Waals surface area contributed by atoms with Crippen molar-refractivity contribution in [1.82, 2.24) is 0 Å². The molecule has 0 spiro atoms. The first-order valence-electron chi connectivity index (χ1n) is 7.38. The molecule has 2 saturated carbocycles. The summed E-state index contributed by atoms with van der Waals surface area (Å²) < 4.78 is 0. The van der Waals surface area contributed by atoms with E-state index in [0.29, 0.717) is 16.2 Å². The van der Waals surface area contributed by atoms with Crippen molar-refractivity contribution in [2.24, 2.45) is 33.5 Å². The maximum Gasteiger partial charge on any atom is -0.0144 e. The van der Waals surface area contributed by atoms with Gasteiger partial charge in [0.25, 0.3) is 0 Å². The smallest absolute Gasteiger partial charge is 0.0144 e. The van der Waals surface area contributed by atoms with Crippen LogP contribution in [0.15, 0.2) is 0 Å². The van der Waals surface area contributed by atoms with Crippen LogP contribution in [0.2, 0.25) is 0 Å². The van der Waals surface area contributed by atoms with Gasteiger partial charge in [0.15, 0.2) is 0 Å². The highest BCUT2D eigenvalue weighted by molar-refractivity contribution is 7.39. The van der Waals surface area contributed by atoms with Gasteiger partial charge in [-0.2, -0.15) is 0 Å². The van der Waals surface area contributed by atoms with Crippen molar-refractivity contribution in [2.45, 2.75) is 60.5 Å². The van der Waals surface area contributed by atoms with Crippen LogP contribution in [0.1, 0.15) is 54.9 Å². The molecule has 1 saturated heterocycles. The first-order chi connectivity index (χ1) is 7.64. The molecule has 0 aromatic carbocycles. The highest BCUT2D eigenvalue weighted by atomic mass is 31.1. The molecule has 1 heteroatoms. The lowest BCUT2D eigenvalue weighted by Crippen LogP contribution is -2.57. The fourth-order valence-electron chi connectivity index (χ4n) is 5.99. The molecule has 0 amide bonds. The van der Waals surface area contributed by atoms with Gasteiger partial charge in [-0.15, -0.1) is 8.58 Å². The fourth-order valence-corrected chi connectivity index (χ4v) is 8.18. The van der Waals surface area contributed by atoms with Gasteiger partial charge in [0, 0.05) is 0 Å². The van der Waals surface area contributed by atoms with Crippen LogP contribution < -0.4 is 0 Å². The zero-order valence-electron chi connectivity index (χ0n) is 12.6. The fraction of sp³-hybridized carbons (Fsp3) is 1.00. The van der Waals surface area contributed by atoms with Crippen molar-refractivity contribution in [3.8, 4) is 0 Å². The Hall–Kier alpha value is 0.430. The van der Waals surface area contributed by atoms with Crippen molar-refractivity contribution < 1.29 is 0 Å². The Bertz CT molecular complexity index is 370.